The summed E-state index contributed by atoms with van der Waals surface area (Å²) in [7, 11) is 5.81. The van der Waals surface area contributed by atoms with Gasteiger partial charge in [-0.1, -0.05) is 18.2 Å². The van der Waals surface area contributed by atoms with Crippen LogP contribution in [-0.4, -0.2) is 24.1 Å². The van der Waals surface area contributed by atoms with Gasteiger partial charge in [0.2, 0.25) is 13.5 Å². The van der Waals surface area contributed by atoms with Crippen LogP contribution >= 0.6 is 11.6 Å². The lowest BCUT2D eigenvalue weighted by Crippen LogP contribution is -2.24. The van der Waals surface area contributed by atoms with Crippen LogP contribution in [0, 0.1) is 6.92 Å². The fraction of sp³-hybridized carbons (Fsp3) is 0.231. The van der Waals surface area contributed by atoms with Gasteiger partial charge >= 0.3 is 0 Å². The van der Waals surface area contributed by atoms with E-state index in [4.69, 9.17) is 24.3 Å². The van der Waals surface area contributed by atoms with E-state index in [1.807, 2.05) is 6.92 Å². The van der Waals surface area contributed by atoms with Crippen molar-refractivity contribution in [1.82, 2.24) is 9.46 Å². The summed E-state index contributed by atoms with van der Waals surface area (Å²) in [6.07, 6.45) is 1.58. The summed E-state index contributed by atoms with van der Waals surface area (Å²) in [5.41, 5.74) is 1.24. The number of rotatable bonds is 3. The van der Waals surface area contributed by atoms with E-state index in [0.29, 0.717) is 23.4 Å². The number of pyridine rings is 2. The normalized spacial score (nSPS) is 10.7. The van der Waals surface area contributed by atoms with Crippen molar-refractivity contribution in [1.29, 1.82) is 0 Å². The first-order chi connectivity index (χ1) is 8.97. The highest BCUT2D eigenvalue weighted by molar-refractivity contribution is 6.30. The lowest BCUT2D eigenvalue weighted by Gasteiger charge is -2.15. The molecule has 19 heavy (non-hydrogen) atoms. The molecular formula is C13H12BClN2O2. The lowest BCUT2D eigenvalue weighted by atomic mass is 10.0. The minimum absolute atomic E-state index is 0.280. The van der Waals surface area contributed by atoms with Crippen LogP contribution in [0.1, 0.15) is 18.1 Å². The van der Waals surface area contributed by atoms with E-state index in [-0.39, 0.29) is 10.7 Å². The van der Waals surface area contributed by atoms with E-state index in [9.17, 15) is 4.79 Å². The molecule has 0 bridgehead atoms. The zero-order valence-electron chi connectivity index (χ0n) is 10.7. The number of ether oxygens (including phenoxy) is 1. The van der Waals surface area contributed by atoms with Crippen LogP contribution in [-0.2, 0) is 4.74 Å². The molecule has 2 aromatic rings. The van der Waals surface area contributed by atoms with Crippen molar-refractivity contribution in [3.05, 3.63) is 45.5 Å². The zero-order chi connectivity index (χ0) is 14.2. The molecule has 0 aliphatic heterocycles. The number of aryl methyl sites for hydroxylation is 1. The maximum atomic E-state index is 12.3. The maximum absolute atomic E-state index is 12.3. The topological polar surface area (TPSA) is 44.1 Å². The van der Waals surface area contributed by atoms with Gasteiger partial charge in [0.15, 0.2) is 0 Å². The highest BCUT2D eigenvalue weighted by Gasteiger charge is 2.15. The van der Waals surface area contributed by atoms with Crippen LogP contribution in [0.3, 0.4) is 0 Å². The van der Waals surface area contributed by atoms with Gasteiger partial charge in [-0.3, -0.25) is 4.79 Å². The molecule has 0 unspecified atom stereocenters. The molecule has 96 valence electrons. The molecule has 2 heterocycles. The molecule has 6 heteroatoms. The van der Waals surface area contributed by atoms with Gasteiger partial charge in [-0.05, 0) is 25.5 Å². The Morgan fingerprint density at radius 1 is 1.63 bits per heavy atom. The third kappa shape index (κ3) is 2.26. The highest BCUT2D eigenvalue weighted by Crippen LogP contribution is 2.24. The predicted octanol–water partition coefficient (Wildman–Crippen LogP) is 2.30. The van der Waals surface area contributed by atoms with E-state index in [2.05, 4.69) is 11.6 Å². The Kier molecular flexibility index (Phi) is 3.67. The van der Waals surface area contributed by atoms with Crippen LogP contribution in [0.25, 0.3) is 16.7 Å². The van der Waals surface area contributed by atoms with Gasteiger partial charge in [-0.25, -0.2) is 4.98 Å². The molecule has 0 aliphatic carbocycles. The number of halogens is 1. The number of fused-ring (bicyclic) bond motifs is 1. The molecule has 0 saturated carbocycles. The summed E-state index contributed by atoms with van der Waals surface area (Å²) in [6, 6.07) is 1.55. The molecule has 0 aromatic carbocycles. The quantitative estimate of drug-likeness (QED) is 0.490. The summed E-state index contributed by atoms with van der Waals surface area (Å²) >= 11 is 5.82. The van der Waals surface area contributed by atoms with Gasteiger partial charge in [0.25, 0.3) is 0 Å². The predicted molar refractivity (Wildman–Crippen MR) is 77.6 cm³/mol. The molecule has 4 nitrogen and oxygen atoms in total. The Morgan fingerprint density at radius 2 is 2.32 bits per heavy atom. The minimum atomic E-state index is -0.370. The fourth-order valence-electron chi connectivity index (χ4n) is 2.01. The van der Waals surface area contributed by atoms with Crippen LogP contribution in [0.5, 0.6) is 0 Å². The van der Waals surface area contributed by atoms with Crippen molar-refractivity contribution in [2.24, 2.45) is 0 Å². The molecular weight excluding hydrogens is 262 g/mol. The molecule has 0 atom stereocenters. The standard InChI is InChI=1S/C13H12BClN2O2/c1-4-19-8(3)12-7(2)9-6-16-11(15)5-10(9)17(14)13(12)18/h5-6H,3-4H2,1-2H3. The van der Waals surface area contributed by atoms with Gasteiger partial charge in [-0.15, -0.1) is 0 Å². The van der Waals surface area contributed by atoms with E-state index in [1.165, 1.54) is 0 Å². The first-order valence-corrected chi connectivity index (χ1v) is 6.13. The van der Waals surface area contributed by atoms with Crippen LogP contribution in [0.2, 0.25) is 5.15 Å². The second-order valence-corrected chi connectivity index (χ2v) is 4.44. The van der Waals surface area contributed by atoms with Crippen molar-refractivity contribution in [2.45, 2.75) is 13.8 Å². The Hall–Kier alpha value is -1.75. The fourth-order valence-corrected chi connectivity index (χ4v) is 2.16. The van der Waals surface area contributed by atoms with E-state index in [1.54, 1.807) is 19.2 Å². The van der Waals surface area contributed by atoms with Crippen LogP contribution < -0.4 is 5.56 Å². The van der Waals surface area contributed by atoms with Crippen LogP contribution in [0.4, 0.5) is 0 Å². The van der Waals surface area contributed by atoms with Gasteiger partial charge in [-0.2, -0.15) is 0 Å². The average Bonchev–Trinajstić information content (AvgIpc) is 2.36. The third-order valence-corrected chi connectivity index (χ3v) is 3.12. The zero-order valence-corrected chi connectivity index (χ0v) is 11.5. The Morgan fingerprint density at radius 3 is 2.95 bits per heavy atom. The van der Waals surface area contributed by atoms with Crippen molar-refractivity contribution < 1.29 is 4.74 Å². The Balaban J connectivity index is 2.85. The summed E-state index contributed by atoms with van der Waals surface area (Å²) in [4.78, 5) is 16.3. The van der Waals surface area contributed by atoms with Gasteiger partial charge in [0.1, 0.15) is 10.9 Å². The van der Waals surface area contributed by atoms with Crippen LogP contribution in [0.15, 0.2) is 23.6 Å². The van der Waals surface area contributed by atoms with Crippen molar-refractivity contribution in [2.75, 3.05) is 6.61 Å². The van der Waals surface area contributed by atoms with Crippen molar-refractivity contribution in [3.63, 3.8) is 0 Å². The minimum Gasteiger partial charge on any atom is -0.494 e. The van der Waals surface area contributed by atoms with Gasteiger partial charge in [0.05, 0.1) is 12.2 Å². The molecule has 0 fully saturated rings. The molecule has 2 aromatic heterocycles. The molecule has 0 N–H and O–H groups in total. The molecule has 0 amide bonds. The Bertz CT molecular complexity index is 725. The maximum Gasteiger partial charge on any atom is 0.249 e. The first kappa shape index (κ1) is 13.7. The summed E-state index contributed by atoms with van der Waals surface area (Å²) in [5, 5.41) is 1.02. The smallest absolute Gasteiger partial charge is 0.249 e. The lowest BCUT2D eigenvalue weighted by molar-refractivity contribution is 0.298. The number of aromatic nitrogens is 2. The molecule has 0 aliphatic rings. The first-order valence-electron chi connectivity index (χ1n) is 5.75. The number of hydrogen-bond donors (Lipinski definition) is 0. The second kappa shape index (κ2) is 5.09. The molecule has 2 rings (SSSR count). The monoisotopic (exact) mass is 274 g/mol. The van der Waals surface area contributed by atoms with E-state index in [0.717, 1.165) is 15.4 Å². The molecule has 0 saturated heterocycles. The van der Waals surface area contributed by atoms with Crippen molar-refractivity contribution >= 4 is 36.2 Å². The number of hydrogen-bond acceptors (Lipinski definition) is 3. The van der Waals surface area contributed by atoms with Gasteiger partial charge < -0.3 is 9.21 Å². The Labute approximate surface area is 117 Å². The molecule has 2 radical (unpaired) electrons. The summed E-state index contributed by atoms with van der Waals surface area (Å²) in [5.74, 6) is 0.307. The SMILES string of the molecule is [B]n1c(=O)c(C(=C)OCC)c(C)c2cnc(Cl)cc21. The second-order valence-electron chi connectivity index (χ2n) is 4.06. The van der Waals surface area contributed by atoms with E-state index < -0.39 is 0 Å². The summed E-state index contributed by atoms with van der Waals surface area (Å²) in [6.45, 7) is 7.82. The largest absolute Gasteiger partial charge is 0.494 e. The van der Waals surface area contributed by atoms with Gasteiger partial charge in [0, 0.05) is 17.1 Å². The highest BCUT2D eigenvalue weighted by atomic mass is 35.5. The number of nitrogens with zero attached hydrogens (tertiary/aromatic N) is 2. The third-order valence-electron chi connectivity index (χ3n) is 2.92. The average molecular weight is 275 g/mol. The van der Waals surface area contributed by atoms with Crippen molar-refractivity contribution in [3.8, 4) is 0 Å². The summed E-state index contributed by atoms with van der Waals surface area (Å²) < 4.78 is 6.34. The van der Waals surface area contributed by atoms with E-state index >= 15 is 0 Å². The molecule has 0 spiro atoms.